The first-order valence-electron chi connectivity index (χ1n) is 6.96. The molecule has 1 N–H and O–H groups in total. The summed E-state index contributed by atoms with van der Waals surface area (Å²) in [5, 5.41) is 4.27. The quantitative estimate of drug-likeness (QED) is 0.898. The molecule has 1 atom stereocenters. The molecule has 0 amide bonds. The summed E-state index contributed by atoms with van der Waals surface area (Å²) in [6.07, 6.45) is 5.12. The predicted octanol–water partition coefficient (Wildman–Crippen LogP) is 3.60. The molecule has 1 saturated carbocycles. The Hall–Kier alpha value is -0.730. The van der Waals surface area contributed by atoms with E-state index in [1.54, 1.807) is 0 Å². The summed E-state index contributed by atoms with van der Waals surface area (Å²) in [6, 6.07) is 6.06. The molecule has 3 heteroatoms. The average Bonchev–Trinajstić information content (AvgIpc) is 3.22. The predicted molar refractivity (Wildman–Crippen MR) is 74.5 cm³/mol. The van der Waals surface area contributed by atoms with Gasteiger partial charge in [0, 0.05) is 17.5 Å². The number of benzene rings is 1. The molecule has 3 rings (SSSR count). The van der Waals surface area contributed by atoms with Crippen LogP contribution in [0.5, 0.6) is 5.75 Å². The normalized spacial score (nSPS) is 23.9. The van der Waals surface area contributed by atoms with Crippen LogP contribution in [0.15, 0.2) is 18.2 Å². The van der Waals surface area contributed by atoms with Crippen LogP contribution in [-0.4, -0.2) is 19.7 Å². The van der Waals surface area contributed by atoms with E-state index in [0.717, 1.165) is 36.4 Å². The first-order valence-corrected chi connectivity index (χ1v) is 7.33. The van der Waals surface area contributed by atoms with Crippen molar-refractivity contribution in [3.8, 4) is 5.75 Å². The van der Waals surface area contributed by atoms with E-state index in [0.29, 0.717) is 5.92 Å². The fraction of sp³-hybridized carbons (Fsp3) is 0.600. The number of hydrogen-bond donors (Lipinski definition) is 1. The van der Waals surface area contributed by atoms with Crippen molar-refractivity contribution in [2.24, 2.45) is 5.92 Å². The number of ether oxygens (including phenoxy) is 1. The second kappa shape index (κ2) is 5.50. The van der Waals surface area contributed by atoms with Gasteiger partial charge in [0.25, 0.3) is 0 Å². The molecule has 0 spiro atoms. The Labute approximate surface area is 114 Å². The summed E-state index contributed by atoms with van der Waals surface area (Å²) in [5.41, 5.74) is 1.29. The molecule has 98 valence electrons. The second-order valence-electron chi connectivity index (χ2n) is 5.48. The fourth-order valence-electron chi connectivity index (χ4n) is 2.58. The molecular formula is C15H20ClNO. The summed E-state index contributed by atoms with van der Waals surface area (Å²) in [6.45, 7) is 3.05. The van der Waals surface area contributed by atoms with Crippen LogP contribution in [0, 0.1) is 5.92 Å². The van der Waals surface area contributed by atoms with Crippen molar-refractivity contribution in [3.63, 3.8) is 0 Å². The third kappa shape index (κ3) is 2.99. The van der Waals surface area contributed by atoms with Gasteiger partial charge in [-0.1, -0.05) is 11.6 Å². The van der Waals surface area contributed by atoms with E-state index in [4.69, 9.17) is 16.3 Å². The van der Waals surface area contributed by atoms with Gasteiger partial charge in [-0.15, -0.1) is 0 Å². The van der Waals surface area contributed by atoms with Gasteiger partial charge in [-0.05, 0) is 61.9 Å². The van der Waals surface area contributed by atoms with Crippen LogP contribution in [0.2, 0.25) is 5.02 Å². The lowest BCUT2D eigenvalue weighted by atomic mass is 9.91. The second-order valence-corrected chi connectivity index (χ2v) is 5.92. The highest BCUT2D eigenvalue weighted by atomic mass is 35.5. The first kappa shape index (κ1) is 12.3. The lowest BCUT2D eigenvalue weighted by Crippen LogP contribution is -2.28. The Bertz CT molecular complexity index is 411. The number of rotatable bonds is 4. The van der Waals surface area contributed by atoms with Crippen molar-refractivity contribution in [2.45, 2.75) is 31.6 Å². The Morgan fingerprint density at radius 3 is 2.89 bits per heavy atom. The minimum atomic E-state index is 0.548. The van der Waals surface area contributed by atoms with E-state index >= 15 is 0 Å². The van der Waals surface area contributed by atoms with Crippen LogP contribution in [0.4, 0.5) is 0 Å². The molecule has 1 aliphatic carbocycles. The Balaban J connectivity index is 1.77. The zero-order chi connectivity index (χ0) is 12.4. The molecule has 1 aromatic rings. The SMILES string of the molecule is Clc1ccc(OCC2CC2)c(C2CCCNC2)c1. The van der Waals surface area contributed by atoms with Gasteiger partial charge in [0.15, 0.2) is 0 Å². The largest absolute Gasteiger partial charge is 0.493 e. The average molecular weight is 266 g/mol. The number of halogens is 1. The topological polar surface area (TPSA) is 21.3 Å². The smallest absolute Gasteiger partial charge is 0.122 e. The number of piperidine rings is 1. The minimum Gasteiger partial charge on any atom is -0.493 e. The first-order chi connectivity index (χ1) is 8.83. The van der Waals surface area contributed by atoms with Crippen LogP contribution < -0.4 is 10.1 Å². The van der Waals surface area contributed by atoms with Gasteiger partial charge in [-0.3, -0.25) is 0 Å². The maximum absolute atomic E-state index is 6.14. The maximum atomic E-state index is 6.14. The molecule has 18 heavy (non-hydrogen) atoms. The van der Waals surface area contributed by atoms with E-state index in [-0.39, 0.29) is 0 Å². The fourth-order valence-corrected chi connectivity index (χ4v) is 2.76. The monoisotopic (exact) mass is 265 g/mol. The Morgan fingerprint density at radius 1 is 1.28 bits per heavy atom. The van der Waals surface area contributed by atoms with Gasteiger partial charge in [-0.25, -0.2) is 0 Å². The molecule has 1 aliphatic heterocycles. The van der Waals surface area contributed by atoms with Crippen molar-refractivity contribution >= 4 is 11.6 Å². The molecule has 2 nitrogen and oxygen atoms in total. The van der Waals surface area contributed by atoms with Crippen molar-refractivity contribution in [3.05, 3.63) is 28.8 Å². The van der Waals surface area contributed by atoms with Crippen molar-refractivity contribution in [2.75, 3.05) is 19.7 Å². The third-order valence-electron chi connectivity index (χ3n) is 3.88. The van der Waals surface area contributed by atoms with E-state index in [9.17, 15) is 0 Å². The van der Waals surface area contributed by atoms with Crippen LogP contribution in [-0.2, 0) is 0 Å². The standard InChI is InChI=1S/C15H20ClNO/c16-13-5-6-15(18-10-11-3-4-11)14(8-13)12-2-1-7-17-9-12/h5-6,8,11-12,17H,1-4,7,9-10H2. The summed E-state index contributed by atoms with van der Waals surface area (Å²) >= 11 is 6.14. The van der Waals surface area contributed by atoms with E-state index in [1.165, 1.54) is 31.2 Å². The lowest BCUT2D eigenvalue weighted by Gasteiger charge is -2.25. The van der Waals surface area contributed by atoms with Crippen LogP contribution in [0.3, 0.4) is 0 Å². The van der Waals surface area contributed by atoms with Gasteiger partial charge in [0.1, 0.15) is 5.75 Å². The third-order valence-corrected chi connectivity index (χ3v) is 4.12. The van der Waals surface area contributed by atoms with E-state index in [1.807, 2.05) is 12.1 Å². The molecule has 2 fully saturated rings. The van der Waals surface area contributed by atoms with Gasteiger partial charge < -0.3 is 10.1 Å². The Morgan fingerprint density at radius 2 is 2.17 bits per heavy atom. The zero-order valence-corrected chi connectivity index (χ0v) is 11.4. The van der Waals surface area contributed by atoms with Crippen molar-refractivity contribution in [1.82, 2.24) is 5.32 Å². The van der Waals surface area contributed by atoms with Crippen molar-refractivity contribution < 1.29 is 4.74 Å². The van der Waals surface area contributed by atoms with Gasteiger partial charge in [0.2, 0.25) is 0 Å². The molecule has 1 aromatic carbocycles. The molecule has 2 aliphatic rings. The summed E-state index contributed by atoms with van der Waals surface area (Å²) < 4.78 is 5.98. The lowest BCUT2D eigenvalue weighted by molar-refractivity contribution is 0.292. The zero-order valence-electron chi connectivity index (χ0n) is 10.6. The molecule has 1 heterocycles. The highest BCUT2D eigenvalue weighted by Gasteiger charge is 2.24. The van der Waals surface area contributed by atoms with Gasteiger partial charge >= 0.3 is 0 Å². The molecule has 1 unspecified atom stereocenters. The highest BCUT2D eigenvalue weighted by molar-refractivity contribution is 6.30. The molecular weight excluding hydrogens is 246 g/mol. The highest BCUT2D eigenvalue weighted by Crippen LogP contribution is 2.35. The Kier molecular flexibility index (Phi) is 3.76. The molecule has 0 radical (unpaired) electrons. The maximum Gasteiger partial charge on any atom is 0.122 e. The number of nitrogens with one attached hydrogen (secondary N) is 1. The van der Waals surface area contributed by atoms with Crippen molar-refractivity contribution in [1.29, 1.82) is 0 Å². The van der Waals surface area contributed by atoms with Gasteiger partial charge in [-0.2, -0.15) is 0 Å². The van der Waals surface area contributed by atoms with E-state index < -0.39 is 0 Å². The molecule has 1 saturated heterocycles. The summed E-state index contributed by atoms with van der Waals surface area (Å²) in [5.74, 6) is 2.38. The van der Waals surface area contributed by atoms with Gasteiger partial charge in [0.05, 0.1) is 6.61 Å². The van der Waals surface area contributed by atoms with Crippen LogP contribution in [0.1, 0.15) is 37.2 Å². The van der Waals surface area contributed by atoms with E-state index in [2.05, 4.69) is 11.4 Å². The molecule has 0 aromatic heterocycles. The van der Waals surface area contributed by atoms with Crippen LogP contribution >= 0.6 is 11.6 Å². The number of hydrogen-bond acceptors (Lipinski definition) is 2. The van der Waals surface area contributed by atoms with Crippen LogP contribution in [0.25, 0.3) is 0 Å². The minimum absolute atomic E-state index is 0.548. The summed E-state index contributed by atoms with van der Waals surface area (Å²) in [7, 11) is 0. The molecule has 0 bridgehead atoms. The summed E-state index contributed by atoms with van der Waals surface area (Å²) in [4.78, 5) is 0.